The number of pyridine rings is 1. The summed E-state index contributed by atoms with van der Waals surface area (Å²) in [5, 5.41) is 15.9. The lowest BCUT2D eigenvalue weighted by Crippen LogP contribution is -2.42. The van der Waals surface area contributed by atoms with Crippen molar-refractivity contribution >= 4 is 11.7 Å². The van der Waals surface area contributed by atoms with Crippen molar-refractivity contribution in [3.8, 4) is 0 Å². The van der Waals surface area contributed by atoms with Crippen LogP contribution in [0, 0.1) is 11.1 Å². The van der Waals surface area contributed by atoms with Crippen molar-refractivity contribution in [2.75, 3.05) is 11.9 Å². The van der Waals surface area contributed by atoms with Gasteiger partial charge >= 0.3 is 6.03 Å². The highest BCUT2D eigenvalue weighted by molar-refractivity contribution is 5.88. The normalized spacial score (nSPS) is 21.2. The maximum absolute atomic E-state index is 13.6. The zero-order chi connectivity index (χ0) is 14.6. The van der Waals surface area contributed by atoms with Crippen LogP contribution in [0.15, 0.2) is 24.5 Å². The lowest BCUT2D eigenvalue weighted by molar-refractivity contribution is -0.604. The minimum atomic E-state index is -2.71. The second-order valence-electron chi connectivity index (χ2n) is 4.99. The van der Waals surface area contributed by atoms with Crippen molar-refractivity contribution in [1.82, 2.24) is 5.32 Å². The van der Waals surface area contributed by atoms with Gasteiger partial charge in [-0.05, 0) is 18.9 Å². The first-order valence-electron chi connectivity index (χ1n) is 6.59. The molecule has 2 amide bonds. The first-order chi connectivity index (χ1) is 9.47. The molecule has 1 atom stereocenters. The van der Waals surface area contributed by atoms with Crippen LogP contribution in [0.1, 0.15) is 25.7 Å². The van der Waals surface area contributed by atoms with E-state index < -0.39 is 17.9 Å². The molecule has 0 spiro atoms. The molecule has 1 aromatic heterocycles. The molecule has 20 heavy (non-hydrogen) atoms. The third kappa shape index (κ3) is 3.79. The molecule has 0 bridgehead atoms. The highest BCUT2D eigenvalue weighted by atomic mass is 19.3. The van der Waals surface area contributed by atoms with E-state index in [-0.39, 0.29) is 13.0 Å². The molecule has 1 aliphatic carbocycles. The molecular weight excluding hydrogens is 268 g/mol. The maximum Gasteiger partial charge on any atom is 0.319 e. The highest BCUT2D eigenvalue weighted by Crippen LogP contribution is 2.37. The van der Waals surface area contributed by atoms with Crippen LogP contribution in [-0.4, -0.2) is 18.5 Å². The number of carbonyl (C=O) groups excluding carboxylic acids is 1. The van der Waals surface area contributed by atoms with E-state index in [1.165, 1.54) is 18.5 Å². The van der Waals surface area contributed by atoms with Gasteiger partial charge in [-0.25, -0.2) is 13.6 Å². The van der Waals surface area contributed by atoms with E-state index >= 15 is 0 Å². The summed E-state index contributed by atoms with van der Waals surface area (Å²) in [4.78, 5) is 11.6. The molecule has 0 aromatic carbocycles. The lowest BCUT2D eigenvalue weighted by atomic mass is 9.85. The number of carbonyl (C=O) groups is 1. The molecule has 0 radical (unpaired) electrons. The number of halogens is 2. The molecule has 5 nitrogen and oxygen atoms in total. The summed E-state index contributed by atoms with van der Waals surface area (Å²) in [5.74, 6) is -3.53. The van der Waals surface area contributed by atoms with Crippen LogP contribution in [-0.2, 0) is 0 Å². The molecule has 0 aliphatic heterocycles. The molecule has 1 unspecified atom stereocenters. The monoisotopic (exact) mass is 285 g/mol. The summed E-state index contributed by atoms with van der Waals surface area (Å²) in [5.41, 5.74) is 0.315. The standard InChI is InChI=1S/C13H17F2N3O2/c14-13(15)6-2-1-4-10(13)8-16-12(19)17-11-5-3-7-18(20)9-11/h3,5,7,9-10H,1-2,4,6,8H2,(H2,16,17,19). The molecule has 1 aromatic rings. The Morgan fingerprint density at radius 2 is 2.30 bits per heavy atom. The van der Waals surface area contributed by atoms with E-state index in [4.69, 9.17) is 0 Å². The molecule has 1 heterocycles. The molecule has 1 aliphatic rings. The number of hydrogen-bond acceptors (Lipinski definition) is 2. The number of amides is 2. The molecule has 0 saturated heterocycles. The predicted octanol–water partition coefficient (Wildman–Crippen LogP) is 2.27. The van der Waals surface area contributed by atoms with E-state index in [0.29, 0.717) is 23.3 Å². The lowest BCUT2D eigenvalue weighted by Gasteiger charge is -2.31. The summed E-state index contributed by atoms with van der Waals surface area (Å²) in [7, 11) is 0. The van der Waals surface area contributed by atoms with Crippen LogP contribution < -0.4 is 15.4 Å². The van der Waals surface area contributed by atoms with E-state index in [9.17, 15) is 18.8 Å². The van der Waals surface area contributed by atoms with Gasteiger partial charge in [0.05, 0.1) is 0 Å². The first kappa shape index (κ1) is 14.5. The Labute approximate surface area is 115 Å². The van der Waals surface area contributed by atoms with Gasteiger partial charge < -0.3 is 15.8 Å². The number of urea groups is 1. The summed E-state index contributed by atoms with van der Waals surface area (Å²) in [6.45, 7) is -0.0664. The predicted molar refractivity (Wildman–Crippen MR) is 69.3 cm³/mol. The molecule has 2 rings (SSSR count). The number of alkyl halides is 2. The van der Waals surface area contributed by atoms with Crippen LogP contribution in [0.25, 0.3) is 0 Å². The second-order valence-corrected chi connectivity index (χ2v) is 4.99. The van der Waals surface area contributed by atoms with Crippen LogP contribution in [0.2, 0.25) is 0 Å². The Morgan fingerprint density at radius 3 is 3.00 bits per heavy atom. The minimum absolute atomic E-state index is 0.0664. The largest absolute Gasteiger partial charge is 0.619 e. The van der Waals surface area contributed by atoms with Gasteiger partial charge in [0.15, 0.2) is 6.20 Å². The first-order valence-corrected chi connectivity index (χ1v) is 6.59. The summed E-state index contributed by atoms with van der Waals surface area (Å²) in [6, 6.07) is 2.44. The molecule has 1 saturated carbocycles. The van der Waals surface area contributed by atoms with Gasteiger partial charge in [-0.15, -0.1) is 0 Å². The van der Waals surface area contributed by atoms with Gasteiger partial charge in [0, 0.05) is 24.9 Å². The van der Waals surface area contributed by atoms with Gasteiger partial charge in [0.2, 0.25) is 6.20 Å². The van der Waals surface area contributed by atoms with Gasteiger partial charge in [-0.1, -0.05) is 6.42 Å². The summed E-state index contributed by atoms with van der Waals surface area (Å²) >= 11 is 0. The maximum atomic E-state index is 13.6. The van der Waals surface area contributed by atoms with Crippen molar-refractivity contribution < 1.29 is 18.3 Å². The molecule has 1 fully saturated rings. The SMILES string of the molecule is O=C(NCC1CCCCC1(F)F)Nc1ccc[n+]([O-])c1. The fourth-order valence-electron chi connectivity index (χ4n) is 2.34. The zero-order valence-corrected chi connectivity index (χ0v) is 10.9. The number of nitrogens with zero attached hydrogens (tertiary/aromatic N) is 1. The molecule has 2 N–H and O–H groups in total. The second kappa shape index (κ2) is 6.02. The Morgan fingerprint density at radius 1 is 1.50 bits per heavy atom. The van der Waals surface area contributed by atoms with Crippen molar-refractivity contribution in [3.63, 3.8) is 0 Å². The van der Waals surface area contributed by atoms with Gasteiger partial charge in [0.25, 0.3) is 5.92 Å². The Kier molecular flexibility index (Phi) is 4.36. The molecular formula is C13H17F2N3O2. The van der Waals surface area contributed by atoms with Crippen LogP contribution in [0.4, 0.5) is 19.3 Å². The third-order valence-electron chi connectivity index (χ3n) is 3.45. The summed E-state index contributed by atoms with van der Waals surface area (Å²) < 4.78 is 27.7. The topological polar surface area (TPSA) is 68.1 Å². The third-order valence-corrected chi connectivity index (χ3v) is 3.45. The van der Waals surface area contributed by atoms with Gasteiger partial charge in [-0.3, -0.25) is 0 Å². The van der Waals surface area contributed by atoms with Crippen molar-refractivity contribution in [1.29, 1.82) is 0 Å². The van der Waals surface area contributed by atoms with E-state index in [1.807, 2.05) is 0 Å². The van der Waals surface area contributed by atoms with Crippen LogP contribution in [0.5, 0.6) is 0 Å². The number of anilines is 1. The van der Waals surface area contributed by atoms with Crippen molar-refractivity contribution in [2.24, 2.45) is 5.92 Å². The van der Waals surface area contributed by atoms with Crippen molar-refractivity contribution in [2.45, 2.75) is 31.6 Å². The summed E-state index contributed by atoms with van der Waals surface area (Å²) in [6.07, 6.45) is 4.07. The minimum Gasteiger partial charge on any atom is -0.619 e. The van der Waals surface area contributed by atoms with Crippen molar-refractivity contribution in [3.05, 3.63) is 29.7 Å². The number of aromatic nitrogens is 1. The average molecular weight is 285 g/mol. The number of rotatable bonds is 3. The zero-order valence-electron chi connectivity index (χ0n) is 10.9. The smallest absolute Gasteiger partial charge is 0.319 e. The van der Waals surface area contributed by atoms with E-state index in [0.717, 1.165) is 6.42 Å². The Hall–Kier alpha value is -1.92. The van der Waals surface area contributed by atoms with Crippen LogP contribution >= 0.6 is 0 Å². The quantitative estimate of drug-likeness (QED) is 0.660. The van der Waals surface area contributed by atoms with Gasteiger partial charge in [-0.2, -0.15) is 4.73 Å². The highest BCUT2D eigenvalue weighted by Gasteiger charge is 2.41. The van der Waals surface area contributed by atoms with E-state index in [2.05, 4.69) is 10.6 Å². The average Bonchev–Trinajstić information content (AvgIpc) is 2.37. The number of hydrogen-bond donors (Lipinski definition) is 2. The number of nitrogens with one attached hydrogen (secondary N) is 2. The Bertz CT molecular complexity index is 482. The van der Waals surface area contributed by atoms with Gasteiger partial charge in [0.1, 0.15) is 5.69 Å². The van der Waals surface area contributed by atoms with E-state index in [1.54, 1.807) is 6.07 Å². The van der Waals surface area contributed by atoms with Crippen LogP contribution in [0.3, 0.4) is 0 Å². The fraction of sp³-hybridized carbons (Fsp3) is 0.538. The molecule has 110 valence electrons. The Balaban J connectivity index is 1.83. The molecule has 7 heteroatoms. The fourth-order valence-corrected chi connectivity index (χ4v) is 2.34.